The summed E-state index contributed by atoms with van der Waals surface area (Å²) >= 11 is 0. The maximum absolute atomic E-state index is 12.6. The third-order valence-corrected chi connectivity index (χ3v) is 16.5. The van der Waals surface area contributed by atoms with Crippen molar-refractivity contribution in [3.05, 3.63) is 82.6 Å². The highest BCUT2D eigenvalue weighted by Gasteiger charge is 2.44. The lowest BCUT2D eigenvalue weighted by Gasteiger charge is -2.30. The van der Waals surface area contributed by atoms with Gasteiger partial charge in [0.05, 0.1) is 149 Å². The van der Waals surface area contributed by atoms with Crippen LogP contribution in [0.2, 0.25) is 0 Å². The largest absolute Gasteiger partial charge is 0.456 e. The predicted octanol–water partition coefficient (Wildman–Crippen LogP) is 5.67. The molecule has 0 bridgehead atoms. The highest BCUT2D eigenvalue weighted by atomic mass is 32.2. The summed E-state index contributed by atoms with van der Waals surface area (Å²) in [6.45, 7) is 19.4. The molecule has 0 saturated carbocycles. The second kappa shape index (κ2) is 41.7. The normalized spacial score (nSPS) is 15.9. The summed E-state index contributed by atoms with van der Waals surface area (Å²) in [5.41, 5.74) is 2.32. The van der Waals surface area contributed by atoms with Gasteiger partial charge in [-0.15, -0.1) is 5.06 Å². The molecule has 1 fully saturated rings. The molecule has 1 aromatic rings. The molecule has 26 nitrogen and oxygen atoms in total. The van der Waals surface area contributed by atoms with Gasteiger partial charge in [-0.3, -0.25) is 18.7 Å². The maximum Gasteiger partial charge on any atom is 0.333 e. The van der Waals surface area contributed by atoms with Crippen molar-refractivity contribution in [3.8, 4) is 11.3 Å². The number of hydrogen-bond acceptors (Lipinski definition) is 22. The molecule has 0 radical (unpaired) electrons. The van der Waals surface area contributed by atoms with Crippen LogP contribution in [0, 0.1) is 0 Å². The van der Waals surface area contributed by atoms with Crippen LogP contribution in [-0.2, 0) is 107 Å². The average molecular weight is 1340 g/mol. The highest BCUT2D eigenvalue weighted by molar-refractivity contribution is 7.86. The summed E-state index contributed by atoms with van der Waals surface area (Å²) in [4.78, 5) is 43.4. The van der Waals surface area contributed by atoms with E-state index in [0.717, 1.165) is 16.5 Å². The third kappa shape index (κ3) is 28.1. The quantitative estimate of drug-likeness (QED) is 0.0298. The zero-order chi connectivity index (χ0) is 66.7. The molecule has 2 amide bonds. The lowest BCUT2D eigenvalue weighted by Crippen LogP contribution is -2.36. The summed E-state index contributed by atoms with van der Waals surface area (Å²) in [5, 5.41) is 1.38. The van der Waals surface area contributed by atoms with Crippen molar-refractivity contribution in [1.82, 2.24) is 9.64 Å². The van der Waals surface area contributed by atoms with Gasteiger partial charge in [0.15, 0.2) is 13.1 Å². The van der Waals surface area contributed by atoms with Crippen LogP contribution in [0.3, 0.4) is 0 Å². The Kier molecular flexibility index (Phi) is 35.1. The molecule has 3 heterocycles. The molecule has 1 aliphatic carbocycles. The van der Waals surface area contributed by atoms with E-state index < -0.39 is 49.2 Å². The Bertz CT molecular complexity index is 2980. The van der Waals surface area contributed by atoms with Crippen LogP contribution >= 0.6 is 0 Å². The number of hydroxylamine groups is 2. The Hall–Kier alpha value is -5.12. The van der Waals surface area contributed by atoms with Gasteiger partial charge < -0.3 is 71.0 Å². The maximum atomic E-state index is 12.6. The van der Waals surface area contributed by atoms with Gasteiger partial charge in [0.25, 0.3) is 32.1 Å². The van der Waals surface area contributed by atoms with Crippen molar-refractivity contribution in [2.24, 2.45) is 0 Å². The summed E-state index contributed by atoms with van der Waals surface area (Å²) in [6.07, 6.45) is 6.91. The molecule has 92 heavy (non-hydrogen) atoms. The number of anilines is 1. The number of benzene rings is 2. The zero-order valence-corrected chi connectivity index (χ0v) is 56.1. The van der Waals surface area contributed by atoms with E-state index in [1.165, 1.54) is 12.1 Å². The molecule has 1 saturated heterocycles. The number of imide groups is 1. The van der Waals surface area contributed by atoms with Crippen molar-refractivity contribution in [2.45, 2.75) is 94.8 Å². The number of unbranched alkanes of at least 4 members (excludes halogenated alkanes) is 2. The zero-order valence-electron chi connectivity index (χ0n) is 54.4. The standard InChI is InChI=1S/C64H97N3O23S2/c1-63(2,3)55-49-52(12-10-13-59-64(4,21-11-47-91(71,72)73)56-50-53(92(74,75)76)16-18-57(56)66(59)22-9-7-8-14-62(70)90-67-60(68)19-20-61(67)69)89-58-48-51(15-17-54(55)58)65(23-25-79-31-33-83-39-41-87-45-43-85-37-35-81-29-27-77-5)24-26-80-32-34-84-40-42-88-46-44-86-38-36-82-30-28-78-6/h10,12-13,15-18,48-50H,7-9,11,14,19-47H2,1-6H3,(H-,71,72,73,74,75,76)/p+1. The van der Waals surface area contributed by atoms with Crippen molar-refractivity contribution in [1.29, 1.82) is 0 Å². The van der Waals surface area contributed by atoms with Crippen LogP contribution in [0.4, 0.5) is 5.69 Å². The van der Waals surface area contributed by atoms with E-state index in [4.69, 9.17) is 66.1 Å². The number of allylic oxidation sites excluding steroid dienone is 3. The van der Waals surface area contributed by atoms with Gasteiger partial charge in [-0.1, -0.05) is 33.3 Å². The summed E-state index contributed by atoms with van der Waals surface area (Å²) < 4.78 is 145. The fraction of sp³-hybridized carbons (Fsp3) is 0.656. The first-order valence-corrected chi connectivity index (χ1v) is 34.4. The van der Waals surface area contributed by atoms with Crippen LogP contribution < -0.4 is 14.8 Å². The number of amides is 2. The lowest BCUT2D eigenvalue weighted by atomic mass is 9.77. The summed E-state index contributed by atoms with van der Waals surface area (Å²) in [7, 11) is -5.79. The molecule has 1 atom stereocenters. The topological polar surface area (TPSA) is 303 Å². The van der Waals surface area contributed by atoms with Gasteiger partial charge in [-0.05, 0) is 91.6 Å². The molecule has 0 spiro atoms. The first-order chi connectivity index (χ1) is 44.2. The molecule has 2 N–H and O–H groups in total. The number of methoxy groups -OCH3 is 2. The third-order valence-electron chi connectivity index (χ3n) is 14.9. The first kappa shape index (κ1) is 77.6. The van der Waals surface area contributed by atoms with E-state index in [-0.39, 0.29) is 42.4 Å². The van der Waals surface area contributed by atoms with E-state index >= 15 is 0 Å². The number of fused-ring (bicyclic) bond motifs is 2. The SMILES string of the molecule is COCCOCCOCCOCCOCCOCC[N+](CCOCCOCCOCCOCCOCCOC)=c1ccc2c(C(C)(C)C)cc(/C=C/C=C3/N(CCCCCC(=O)ON4C(=O)CCC4=O)c4ccc(S(=O)(=O)O)cc4C3(C)CCCS(=O)(=O)O)oc-2c1. The van der Waals surface area contributed by atoms with E-state index in [9.17, 15) is 40.3 Å². The Morgan fingerprint density at radius 3 is 1.59 bits per heavy atom. The van der Waals surface area contributed by atoms with Gasteiger partial charge in [-0.25, -0.2) is 9.37 Å². The van der Waals surface area contributed by atoms with Gasteiger partial charge >= 0.3 is 5.97 Å². The summed E-state index contributed by atoms with van der Waals surface area (Å²) in [6, 6.07) is 12.4. The second-order valence-electron chi connectivity index (χ2n) is 22.9. The molecule has 4 aliphatic rings. The van der Waals surface area contributed by atoms with Crippen molar-refractivity contribution >= 4 is 49.8 Å². The number of carbonyl (C=O) groups is 3. The molecular weight excluding hydrogens is 1240 g/mol. The van der Waals surface area contributed by atoms with E-state index in [1.807, 2.05) is 48.3 Å². The van der Waals surface area contributed by atoms with E-state index in [0.29, 0.717) is 218 Å². The first-order valence-electron chi connectivity index (χ1n) is 31.4. The molecule has 3 aliphatic heterocycles. The number of ether oxygens (including phenoxy) is 12. The van der Waals surface area contributed by atoms with E-state index in [1.54, 1.807) is 20.3 Å². The number of hydrogen-bond donors (Lipinski definition) is 2. The monoisotopic (exact) mass is 1340 g/mol. The molecule has 28 heteroatoms. The second-order valence-corrected chi connectivity index (χ2v) is 25.9. The minimum atomic E-state index is -4.67. The Balaban J connectivity index is 1.33. The van der Waals surface area contributed by atoms with Crippen LogP contribution in [0.5, 0.6) is 0 Å². The Labute approximate surface area is 542 Å². The number of nitrogens with zero attached hydrogens (tertiary/aromatic N) is 3. The van der Waals surface area contributed by atoms with Crippen LogP contribution in [0.1, 0.15) is 95.9 Å². The number of rotatable bonds is 50. The van der Waals surface area contributed by atoms with Crippen LogP contribution in [0.25, 0.3) is 17.4 Å². The van der Waals surface area contributed by atoms with Gasteiger partial charge in [0, 0.05) is 68.5 Å². The fourth-order valence-electron chi connectivity index (χ4n) is 10.1. The van der Waals surface area contributed by atoms with Crippen molar-refractivity contribution in [3.63, 3.8) is 0 Å². The molecule has 5 rings (SSSR count). The molecular formula is C64H98N3O23S2+. The van der Waals surface area contributed by atoms with Crippen molar-refractivity contribution in [2.75, 3.05) is 190 Å². The predicted molar refractivity (Wildman–Crippen MR) is 340 cm³/mol. The van der Waals surface area contributed by atoms with Gasteiger partial charge in [-0.2, -0.15) is 16.8 Å². The van der Waals surface area contributed by atoms with Crippen LogP contribution in [-0.4, -0.2) is 234 Å². The van der Waals surface area contributed by atoms with Gasteiger partial charge in [0.2, 0.25) is 5.36 Å². The minimum absolute atomic E-state index is 0.00217. The lowest BCUT2D eigenvalue weighted by molar-refractivity contribution is -0.197. The molecule has 0 aromatic heterocycles. The Morgan fingerprint density at radius 1 is 0.630 bits per heavy atom. The summed E-state index contributed by atoms with van der Waals surface area (Å²) in [5.74, 6) is -1.29. The minimum Gasteiger partial charge on any atom is -0.456 e. The van der Waals surface area contributed by atoms with Crippen molar-refractivity contribution < 1.29 is 106 Å². The molecule has 1 unspecified atom stereocenters. The molecule has 1 aromatic carbocycles. The number of carbonyl (C=O) groups excluding carboxylic acids is 3. The van der Waals surface area contributed by atoms with Gasteiger partial charge in [0.1, 0.15) is 24.7 Å². The Morgan fingerprint density at radius 2 is 1.12 bits per heavy atom. The molecule has 518 valence electrons. The highest BCUT2D eigenvalue weighted by Crippen LogP contribution is 2.51. The van der Waals surface area contributed by atoms with Crippen LogP contribution in [0.15, 0.2) is 69.6 Å². The smallest absolute Gasteiger partial charge is 0.333 e. The fourth-order valence-corrected chi connectivity index (χ4v) is 11.1. The van der Waals surface area contributed by atoms with E-state index in [2.05, 4.69) is 31.4 Å². The average Bonchev–Trinajstić information content (AvgIpc) is 1.56.